The first kappa shape index (κ1) is 22.9. The van der Waals surface area contributed by atoms with E-state index in [1.165, 1.54) is 36.4 Å². The summed E-state index contributed by atoms with van der Waals surface area (Å²) in [5.41, 5.74) is 0.946. The van der Waals surface area contributed by atoms with Crippen LogP contribution in [0.1, 0.15) is 31.8 Å². The van der Waals surface area contributed by atoms with Gasteiger partial charge in [0.2, 0.25) is 0 Å². The number of nitrogens with zero attached hydrogens (tertiary/aromatic N) is 3. The lowest BCUT2D eigenvalue weighted by Gasteiger charge is -2.11. The largest absolute Gasteiger partial charge is 0.508 e. The molecule has 3 aromatic carbocycles. The van der Waals surface area contributed by atoms with Crippen molar-refractivity contribution in [1.29, 1.82) is 0 Å². The highest BCUT2D eigenvalue weighted by Gasteiger charge is 2.16. The number of hydrogen-bond acceptors (Lipinski definition) is 9. The van der Waals surface area contributed by atoms with Crippen LogP contribution >= 0.6 is 0 Å². The molecule has 33 heavy (non-hydrogen) atoms. The zero-order valence-corrected chi connectivity index (χ0v) is 17.4. The Labute approximate surface area is 186 Å². The summed E-state index contributed by atoms with van der Waals surface area (Å²) >= 11 is 0. The first-order valence-corrected chi connectivity index (χ1v) is 9.48. The number of nitroso groups, excluding NO2 is 3. The minimum Gasteiger partial charge on any atom is -0.508 e. The van der Waals surface area contributed by atoms with Gasteiger partial charge in [-0.1, -0.05) is 6.07 Å². The van der Waals surface area contributed by atoms with E-state index in [0.29, 0.717) is 11.1 Å². The van der Waals surface area contributed by atoms with Crippen molar-refractivity contribution in [2.75, 3.05) is 10.6 Å². The van der Waals surface area contributed by atoms with E-state index < -0.39 is 11.8 Å². The van der Waals surface area contributed by atoms with Crippen molar-refractivity contribution in [3.63, 3.8) is 0 Å². The van der Waals surface area contributed by atoms with Gasteiger partial charge in [0.05, 0.1) is 11.4 Å². The Balaban J connectivity index is 1.85. The molecule has 0 saturated heterocycles. The molecule has 3 N–H and O–H groups in total. The van der Waals surface area contributed by atoms with Crippen LogP contribution in [0.5, 0.6) is 5.75 Å². The molecule has 11 heteroatoms. The summed E-state index contributed by atoms with van der Waals surface area (Å²) in [6.45, 7) is 3.17. The molecule has 0 aromatic heterocycles. The van der Waals surface area contributed by atoms with Crippen LogP contribution in [0.25, 0.3) is 0 Å². The van der Waals surface area contributed by atoms with Gasteiger partial charge in [0.1, 0.15) is 22.8 Å². The Morgan fingerprint density at radius 2 is 1.18 bits per heavy atom. The van der Waals surface area contributed by atoms with Crippen molar-refractivity contribution >= 4 is 40.3 Å². The number of carbonyl (C=O) groups is 2. The maximum absolute atomic E-state index is 12.7. The first-order chi connectivity index (χ1) is 15.8. The molecule has 0 atom stereocenters. The highest BCUT2D eigenvalue weighted by atomic mass is 16.3. The highest BCUT2D eigenvalue weighted by molar-refractivity contribution is 6.10. The quantitative estimate of drug-likeness (QED) is 0.310. The Kier molecular flexibility index (Phi) is 6.63. The number of carbonyl (C=O) groups excluding carboxylic acids is 2. The van der Waals surface area contributed by atoms with E-state index in [9.17, 15) is 29.4 Å². The second-order valence-electron chi connectivity index (χ2n) is 7.07. The number of rotatable bonds is 7. The molecule has 0 heterocycles. The molecular formula is C22H17N5O6. The SMILES string of the molecule is Cc1cc(NC(=O)c2cccc(C(=O)Nc3cc(C)c(N=O)cc3N=O)c2)c(N=O)cc1O. The molecule has 11 nitrogen and oxygen atoms in total. The van der Waals surface area contributed by atoms with Crippen LogP contribution < -0.4 is 10.6 Å². The molecule has 0 bridgehead atoms. The Morgan fingerprint density at radius 1 is 0.697 bits per heavy atom. The van der Waals surface area contributed by atoms with Crippen LogP contribution in [0.4, 0.5) is 28.4 Å². The van der Waals surface area contributed by atoms with Crippen LogP contribution in [-0.4, -0.2) is 16.9 Å². The molecule has 2 amide bonds. The maximum atomic E-state index is 12.7. The van der Waals surface area contributed by atoms with Crippen molar-refractivity contribution in [3.8, 4) is 5.75 Å². The number of amides is 2. The van der Waals surface area contributed by atoms with Crippen LogP contribution in [0.3, 0.4) is 0 Å². The maximum Gasteiger partial charge on any atom is 0.255 e. The number of hydrogen-bond donors (Lipinski definition) is 3. The summed E-state index contributed by atoms with van der Waals surface area (Å²) < 4.78 is 0. The number of nitrogens with one attached hydrogen (secondary N) is 2. The van der Waals surface area contributed by atoms with Crippen LogP contribution in [0.2, 0.25) is 0 Å². The van der Waals surface area contributed by atoms with Crippen molar-refractivity contribution in [3.05, 3.63) is 85.5 Å². The smallest absolute Gasteiger partial charge is 0.255 e. The van der Waals surface area contributed by atoms with Crippen LogP contribution in [-0.2, 0) is 0 Å². The van der Waals surface area contributed by atoms with E-state index in [-0.39, 0.29) is 45.3 Å². The second kappa shape index (κ2) is 9.56. The molecule has 0 spiro atoms. The van der Waals surface area contributed by atoms with Gasteiger partial charge in [-0.3, -0.25) is 9.59 Å². The summed E-state index contributed by atoms with van der Waals surface area (Å²) in [6, 6.07) is 10.8. The number of benzene rings is 3. The lowest BCUT2D eigenvalue weighted by atomic mass is 10.1. The molecule has 0 fully saturated rings. The molecule has 0 radical (unpaired) electrons. The highest BCUT2D eigenvalue weighted by Crippen LogP contribution is 2.34. The third kappa shape index (κ3) is 4.93. The molecule has 0 unspecified atom stereocenters. The minimum absolute atomic E-state index is 0.0231. The van der Waals surface area contributed by atoms with E-state index in [1.54, 1.807) is 13.8 Å². The minimum atomic E-state index is -0.628. The molecular weight excluding hydrogens is 430 g/mol. The third-order valence-electron chi connectivity index (χ3n) is 4.81. The van der Waals surface area contributed by atoms with Crippen LogP contribution in [0.15, 0.2) is 64.1 Å². The molecule has 0 aliphatic rings. The molecule has 166 valence electrons. The zero-order chi connectivity index (χ0) is 24.1. The number of phenols is 1. The first-order valence-electron chi connectivity index (χ1n) is 9.48. The Hall–Kier alpha value is -4.80. The van der Waals surface area contributed by atoms with Crippen molar-refractivity contribution in [1.82, 2.24) is 0 Å². The van der Waals surface area contributed by atoms with Gasteiger partial charge in [-0.05, 0) is 76.9 Å². The summed E-state index contributed by atoms with van der Waals surface area (Å²) in [6.07, 6.45) is 0. The molecule has 0 saturated carbocycles. The molecule has 3 aromatic rings. The number of aryl methyl sites for hydroxylation is 2. The van der Waals surface area contributed by atoms with Crippen molar-refractivity contribution in [2.24, 2.45) is 15.5 Å². The molecule has 0 aliphatic heterocycles. The monoisotopic (exact) mass is 447 g/mol. The fraction of sp³-hybridized carbons (Fsp3) is 0.0909. The second-order valence-corrected chi connectivity index (χ2v) is 7.07. The number of anilines is 2. The van der Waals surface area contributed by atoms with Gasteiger partial charge < -0.3 is 15.7 Å². The summed E-state index contributed by atoms with van der Waals surface area (Å²) in [5.74, 6) is -1.39. The lowest BCUT2D eigenvalue weighted by molar-refractivity contribution is 0.102. The van der Waals surface area contributed by atoms with E-state index >= 15 is 0 Å². The normalized spacial score (nSPS) is 10.2. The fourth-order valence-corrected chi connectivity index (χ4v) is 3.01. The fourth-order valence-electron chi connectivity index (χ4n) is 3.01. The standard InChI is InChI=1S/C22H17N5O6/c1-11-6-16(18(26-32)9-15(11)25-31)23-21(29)13-4-3-5-14(8-13)22(30)24-17-7-12(2)20(28)10-19(17)27-33/h3-10,28H,1-2H3,(H,23,29)(H,24,30). The average molecular weight is 447 g/mol. The van der Waals surface area contributed by atoms with Crippen molar-refractivity contribution < 1.29 is 14.7 Å². The molecule has 0 aliphatic carbocycles. The van der Waals surface area contributed by atoms with E-state index in [0.717, 1.165) is 12.1 Å². The van der Waals surface area contributed by atoms with Gasteiger partial charge in [-0.15, -0.1) is 14.7 Å². The average Bonchev–Trinajstić information content (AvgIpc) is 2.81. The summed E-state index contributed by atoms with van der Waals surface area (Å²) in [4.78, 5) is 58.3. The van der Waals surface area contributed by atoms with Gasteiger partial charge in [-0.2, -0.15) is 0 Å². The van der Waals surface area contributed by atoms with Gasteiger partial charge in [0, 0.05) is 17.2 Å². The van der Waals surface area contributed by atoms with Gasteiger partial charge in [0.15, 0.2) is 0 Å². The molecule has 3 rings (SSSR count). The third-order valence-corrected chi connectivity index (χ3v) is 4.81. The van der Waals surface area contributed by atoms with Gasteiger partial charge >= 0.3 is 0 Å². The topological polar surface area (TPSA) is 167 Å². The van der Waals surface area contributed by atoms with E-state index in [1.807, 2.05) is 0 Å². The van der Waals surface area contributed by atoms with Crippen LogP contribution in [0, 0.1) is 28.6 Å². The predicted octanol–water partition coefficient (Wildman–Crippen LogP) is 5.71. The Bertz CT molecular complexity index is 1300. The van der Waals surface area contributed by atoms with Gasteiger partial charge in [-0.25, -0.2) is 0 Å². The van der Waals surface area contributed by atoms with Gasteiger partial charge in [0.25, 0.3) is 11.8 Å². The van der Waals surface area contributed by atoms with Crippen molar-refractivity contribution in [2.45, 2.75) is 13.8 Å². The number of aromatic hydroxyl groups is 1. The summed E-state index contributed by atoms with van der Waals surface area (Å²) in [7, 11) is 0. The van der Waals surface area contributed by atoms with E-state index in [4.69, 9.17) is 0 Å². The zero-order valence-electron chi connectivity index (χ0n) is 17.4. The Morgan fingerprint density at radius 3 is 1.70 bits per heavy atom. The summed E-state index contributed by atoms with van der Waals surface area (Å²) in [5, 5.41) is 23.2. The predicted molar refractivity (Wildman–Crippen MR) is 123 cm³/mol. The lowest BCUT2D eigenvalue weighted by Crippen LogP contribution is -2.16. The van der Waals surface area contributed by atoms with E-state index in [2.05, 4.69) is 26.2 Å². The number of phenolic OH excluding ortho intramolecular Hbond substituents is 1.